The number of nitro groups is 1. The SMILES string of the molecule is C=C(Cn1cccc([N+](=O)[O-])c1=O)C(=O)OCC. The summed E-state index contributed by atoms with van der Waals surface area (Å²) in [5, 5.41) is 10.6. The fourth-order valence-corrected chi connectivity index (χ4v) is 1.29. The van der Waals surface area contributed by atoms with Crippen LogP contribution in [0.4, 0.5) is 5.69 Å². The van der Waals surface area contributed by atoms with Crippen LogP contribution in [0.15, 0.2) is 35.3 Å². The zero-order valence-corrected chi connectivity index (χ0v) is 9.79. The minimum atomic E-state index is -0.784. The van der Waals surface area contributed by atoms with Crippen molar-refractivity contribution in [3.8, 4) is 0 Å². The zero-order valence-electron chi connectivity index (χ0n) is 9.79. The van der Waals surface area contributed by atoms with E-state index in [4.69, 9.17) is 4.74 Å². The van der Waals surface area contributed by atoms with Gasteiger partial charge < -0.3 is 9.30 Å². The minimum Gasteiger partial charge on any atom is -0.463 e. The van der Waals surface area contributed by atoms with Crippen molar-refractivity contribution in [3.63, 3.8) is 0 Å². The van der Waals surface area contributed by atoms with E-state index in [1.165, 1.54) is 12.3 Å². The van der Waals surface area contributed by atoms with Crippen LogP contribution in [-0.4, -0.2) is 22.1 Å². The minimum absolute atomic E-state index is 0.0550. The lowest BCUT2D eigenvalue weighted by molar-refractivity contribution is -0.386. The summed E-state index contributed by atoms with van der Waals surface area (Å²) in [7, 11) is 0. The van der Waals surface area contributed by atoms with Gasteiger partial charge in [-0.2, -0.15) is 0 Å². The van der Waals surface area contributed by atoms with Crippen molar-refractivity contribution in [3.05, 3.63) is 50.9 Å². The number of rotatable bonds is 5. The molecule has 18 heavy (non-hydrogen) atoms. The van der Waals surface area contributed by atoms with Gasteiger partial charge >= 0.3 is 17.2 Å². The van der Waals surface area contributed by atoms with E-state index < -0.39 is 22.1 Å². The van der Waals surface area contributed by atoms with E-state index in [2.05, 4.69) is 6.58 Å². The molecule has 7 nitrogen and oxygen atoms in total. The third-order valence-corrected chi connectivity index (χ3v) is 2.12. The second-order valence-corrected chi connectivity index (χ2v) is 3.41. The first-order valence-corrected chi connectivity index (χ1v) is 5.16. The van der Waals surface area contributed by atoms with Gasteiger partial charge in [0.15, 0.2) is 0 Å². The van der Waals surface area contributed by atoms with Crippen LogP contribution in [0.2, 0.25) is 0 Å². The fraction of sp³-hybridized carbons (Fsp3) is 0.273. The number of esters is 1. The summed E-state index contributed by atoms with van der Waals surface area (Å²) in [6, 6.07) is 2.46. The predicted molar refractivity (Wildman–Crippen MR) is 63.1 cm³/mol. The van der Waals surface area contributed by atoms with Crippen LogP contribution in [-0.2, 0) is 16.1 Å². The van der Waals surface area contributed by atoms with Crippen LogP contribution in [0.3, 0.4) is 0 Å². The number of pyridine rings is 1. The number of carbonyl (C=O) groups is 1. The summed E-state index contributed by atoms with van der Waals surface area (Å²) in [5.74, 6) is -0.629. The molecule has 0 saturated heterocycles. The normalized spacial score (nSPS) is 9.83. The quantitative estimate of drug-likeness (QED) is 0.335. The van der Waals surface area contributed by atoms with E-state index in [0.29, 0.717) is 0 Å². The number of hydrogen-bond donors (Lipinski definition) is 0. The summed E-state index contributed by atoms with van der Waals surface area (Å²) >= 11 is 0. The molecule has 7 heteroatoms. The van der Waals surface area contributed by atoms with E-state index >= 15 is 0 Å². The molecule has 0 aliphatic rings. The standard InChI is InChI=1S/C11H12N2O5/c1-3-18-11(15)8(2)7-12-6-4-5-9(10(12)14)13(16)17/h4-6H,2-3,7H2,1H3. The Morgan fingerprint density at radius 1 is 1.61 bits per heavy atom. The monoisotopic (exact) mass is 252 g/mol. The van der Waals surface area contributed by atoms with Gasteiger partial charge in [0.05, 0.1) is 18.1 Å². The lowest BCUT2D eigenvalue weighted by Crippen LogP contribution is -2.24. The summed E-state index contributed by atoms with van der Waals surface area (Å²) in [6.07, 6.45) is 1.35. The van der Waals surface area contributed by atoms with Crippen molar-refractivity contribution in [1.82, 2.24) is 4.57 Å². The van der Waals surface area contributed by atoms with E-state index in [9.17, 15) is 19.7 Å². The van der Waals surface area contributed by atoms with Crippen LogP contribution in [0.1, 0.15) is 6.92 Å². The number of nitrogens with zero attached hydrogens (tertiary/aromatic N) is 2. The smallest absolute Gasteiger partial charge is 0.335 e. The molecule has 0 aromatic carbocycles. The average Bonchev–Trinajstić information content (AvgIpc) is 2.31. The second kappa shape index (κ2) is 5.76. The van der Waals surface area contributed by atoms with Crippen molar-refractivity contribution in [2.75, 3.05) is 6.61 Å². The second-order valence-electron chi connectivity index (χ2n) is 3.41. The van der Waals surface area contributed by atoms with Gasteiger partial charge in [-0.15, -0.1) is 0 Å². The van der Waals surface area contributed by atoms with Crippen molar-refractivity contribution in [1.29, 1.82) is 0 Å². The molecular weight excluding hydrogens is 240 g/mol. The van der Waals surface area contributed by atoms with Gasteiger partial charge in [0.2, 0.25) is 0 Å². The van der Waals surface area contributed by atoms with Crippen LogP contribution in [0, 0.1) is 10.1 Å². The van der Waals surface area contributed by atoms with Gasteiger partial charge in [-0.3, -0.25) is 14.9 Å². The molecule has 0 unspecified atom stereocenters. The average molecular weight is 252 g/mol. The third kappa shape index (κ3) is 3.03. The largest absolute Gasteiger partial charge is 0.463 e. The first kappa shape index (κ1) is 13.6. The Balaban J connectivity index is 2.96. The van der Waals surface area contributed by atoms with Gasteiger partial charge in [-0.25, -0.2) is 4.79 Å². The van der Waals surface area contributed by atoms with Crippen LogP contribution < -0.4 is 5.56 Å². The highest BCUT2D eigenvalue weighted by molar-refractivity contribution is 5.87. The van der Waals surface area contributed by atoms with Crippen molar-refractivity contribution >= 4 is 11.7 Å². The van der Waals surface area contributed by atoms with Crippen molar-refractivity contribution in [2.24, 2.45) is 0 Å². The summed E-state index contributed by atoms with van der Waals surface area (Å²) in [4.78, 5) is 32.8. The number of ether oxygens (including phenoxy) is 1. The topological polar surface area (TPSA) is 91.4 Å². The summed E-state index contributed by atoms with van der Waals surface area (Å²) in [5.41, 5.74) is -1.28. The molecule has 0 fully saturated rings. The van der Waals surface area contributed by atoms with Crippen molar-refractivity contribution in [2.45, 2.75) is 13.5 Å². The molecule has 0 saturated carbocycles. The summed E-state index contributed by atoms with van der Waals surface area (Å²) < 4.78 is 5.74. The van der Waals surface area contributed by atoms with Gasteiger partial charge in [0.25, 0.3) is 0 Å². The molecule has 0 bridgehead atoms. The highest BCUT2D eigenvalue weighted by Gasteiger charge is 2.15. The maximum absolute atomic E-state index is 11.7. The Labute approximate surface area is 102 Å². The maximum Gasteiger partial charge on any atom is 0.335 e. The molecule has 1 aromatic rings. The Hall–Kier alpha value is -2.44. The molecule has 1 rings (SSSR count). The predicted octanol–water partition coefficient (Wildman–Crippen LogP) is 0.876. The number of aromatic nitrogens is 1. The van der Waals surface area contributed by atoms with E-state index in [0.717, 1.165) is 10.6 Å². The molecule has 0 radical (unpaired) electrons. The lowest BCUT2D eigenvalue weighted by Gasteiger charge is -2.07. The molecule has 0 atom stereocenters. The Morgan fingerprint density at radius 2 is 2.28 bits per heavy atom. The fourth-order valence-electron chi connectivity index (χ4n) is 1.29. The van der Waals surface area contributed by atoms with Crippen molar-refractivity contribution < 1.29 is 14.5 Å². The number of hydrogen-bond acceptors (Lipinski definition) is 5. The van der Waals surface area contributed by atoms with Gasteiger partial charge in [0, 0.05) is 17.8 Å². The zero-order chi connectivity index (χ0) is 13.7. The first-order valence-electron chi connectivity index (χ1n) is 5.16. The summed E-state index contributed by atoms with van der Waals surface area (Å²) in [6.45, 7) is 5.18. The third-order valence-electron chi connectivity index (χ3n) is 2.12. The first-order chi connectivity index (χ1) is 8.47. The molecule has 0 aliphatic carbocycles. The van der Waals surface area contributed by atoms with Gasteiger partial charge in [0.1, 0.15) is 0 Å². The Morgan fingerprint density at radius 3 is 2.83 bits per heavy atom. The van der Waals surface area contributed by atoms with Crippen LogP contribution in [0.5, 0.6) is 0 Å². The number of carbonyl (C=O) groups excluding carboxylic acids is 1. The lowest BCUT2D eigenvalue weighted by atomic mass is 10.3. The Bertz CT molecular complexity index is 547. The molecule has 0 spiro atoms. The molecule has 0 aliphatic heterocycles. The maximum atomic E-state index is 11.7. The molecule has 0 N–H and O–H groups in total. The van der Waals surface area contributed by atoms with Crippen LogP contribution >= 0.6 is 0 Å². The van der Waals surface area contributed by atoms with E-state index in [1.54, 1.807) is 6.92 Å². The van der Waals surface area contributed by atoms with Gasteiger partial charge in [-0.1, -0.05) is 6.58 Å². The Kier molecular flexibility index (Phi) is 4.36. The molecular formula is C11H12N2O5. The highest BCUT2D eigenvalue weighted by atomic mass is 16.6. The molecule has 1 aromatic heterocycles. The molecule has 1 heterocycles. The van der Waals surface area contributed by atoms with E-state index in [-0.39, 0.29) is 18.7 Å². The van der Waals surface area contributed by atoms with Crippen LogP contribution in [0.25, 0.3) is 0 Å². The molecule has 96 valence electrons. The van der Waals surface area contributed by atoms with E-state index in [1.807, 2.05) is 0 Å². The molecule has 0 amide bonds. The highest BCUT2D eigenvalue weighted by Crippen LogP contribution is 2.04. The van der Waals surface area contributed by atoms with Gasteiger partial charge in [-0.05, 0) is 13.0 Å².